The van der Waals surface area contributed by atoms with Gasteiger partial charge in [0, 0.05) is 12.1 Å². The van der Waals surface area contributed by atoms with Gasteiger partial charge < -0.3 is 10.0 Å². The third kappa shape index (κ3) is 2.92. The quantitative estimate of drug-likeness (QED) is 0.901. The molecule has 0 radical (unpaired) electrons. The van der Waals surface area contributed by atoms with E-state index in [-0.39, 0.29) is 17.4 Å². The van der Waals surface area contributed by atoms with E-state index in [1.54, 1.807) is 30.3 Å². The summed E-state index contributed by atoms with van der Waals surface area (Å²) < 4.78 is 0. The lowest BCUT2D eigenvalue weighted by Gasteiger charge is -2.28. The molecular weight excluding hydrogens is 337 g/mol. The van der Waals surface area contributed by atoms with Crippen LogP contribution in [0.25, 0.3) is 0 Å². The molecule has 23 heavy (non-hydrogen) atoms. The summed E-state index contributed by atoms with van der Waals surface area (Å²) in [5, 5.41) is 9.87. The van der Waals surface area contributed by atoms with Crippen molar-refractivity contribution in [3.05, 3.63) is 69.2 Å². The number of fused-ring (bicyclic) bond motifs is 1. The van der Waals surface area contributed by atoms with Crippen LogP contribution in [-0.4, -0.2) is 21.9 Å². The summed E-state index contributed by atoms with van der Waals surface area (Å²) in [6.45, 7) is 0.357. The third-order valence-electron chi connectivity index (χ3n) is 3.93. The highest BCUT2D eigenvalue weighted by molar-refractivity contribution is 6.42. The molecule has 1 amide bonds. The van der Waals surface area contributed by atoms with Crippen LogP contribution >= 0.6 is 23.2 Å². The van der Waals surface area contributed by atoms with Crippen molar-refractivity contribution in [2.24, 2.45) is 0 Å². The van der Waals surface area contributed by atoms with Crippen molar-refractivity contribution in [3.8, 4) is 0 Å². The van der Waals surface area contributed by atoms with Crippen molar-refractivity contribution in [1.82, 2.24) is 4.90 Å². The normalized spacial score (nSPS) is 14.7. The minimum Gasteiger partial charge on any atom is -0.481 e. The number of hydrogen-bond donors (Lipinski definition) is 1. The summed E-state index contributed by atoms with van der Waals surface area (Å²) in [7, 11) is 0. The standard InChI is InChI=1S/C17H13Cl2NO3/c18-13-7-3-6-12(16(13)19)14(8-15(21)22)20-9-10-4-1-2-5-11(10)17(20)23/h1-7,14H,8-9H2,(H,21,22)/t14-/m0/s1. The SMILES string of the molecule is O=C(O)C[C@@H](c1cccc(Cl)c1Cl)N1Cc2ccccc2C1=O. The first kappa shape index (κ1) is 15.8. The van der Waals surface area contributed by atoms with Crippen molar-refractivity contribution in [3.63, 3.8) is 0 Å². The largest absolute Gasteiger partial charge is 0.481 e. The highest BCUT2D eigenvalue weighted by Crippen LogP contribution is 2.38. The Hall–Kier alpha value is -2.04. The van der Waals surface area contributed by atoms with Gasteiger partial charge in [-0.1, -0.05) is 53.5 Å². The van der Waals surface area contributed by atoms with E-state index in [1.807, 2.05) is 12.1 Å². The van der Waals surface area contributed by atoms with Gasteiger partial charge in [-0.25, -0.2) is 0 Å². The second-order valence-electron chi connectivity index (χ2n) is 5.35. The van der Waals surface area contributed by atoms with Gasteiger partial charge in [-0.3, -0.25) is 9.59 Å². The van der Waals surface area contributed by atoms with Gasteiger partial charge in [0.1, 0.15) is 0 Å². The van der Waals surface area contributed by atoms with E-state index in [2.05, 4.69) is 0 Å². The average Bonchev–Trinajstić information content (AvgIpc) is 2.85. The molecule has 0 aliphatic carbocycles. The lowest BCUT2D eigenvalue weighted by Crippen LogP contribution is -2.31. The molecule has 118 valence electrons. The maximum Gasteiger partial charge on any atom is 0.305 e. The first-order chi connectivity index (χ1) is 11.0. The lowest BCUT2D eigenvalue weighted by atomic mass is 10.0. The molecule has 1 aliphatic rings. The molecule has 1 aliphatic heterocycles. The van der Waals surface area contributed by atoms with E-state index in [9.17, 15) is 14.7 Å². The summed E-state index contributed by atoms with van der Waals surface area (Å²) >= 11 is 12.3. The molecule has 0 fully saturated rings. The van der Waals surface area contributed by atoms with Crippen LogP contribution in [0.3, 0.4) is 0 Å². The molecule has 3 rings (SSSR count). The predicted octanol–water partition coefficient (Wildman–Crippen LogP) is 4.17. The van der Waals surface area contributed by atoms with Gasteiger partial charge >= 0.3 is 5.97 Å². The van der Waals surface area contributed by atoms with Crippen molar-refractivity contribution < 1.29 is 14.7 Å². The second-order valence-corrected chi connectivity index (χ2v) is 6.13. The Morgan fingerprint density at radius 3 is 2.61 bits per heavy atom. The second kappa shape index (κ2) is 6.22. The van der Waals surface area contributed by atoms with Crippen LogP contribution in [-0.2, 0) is 11.3 Å². The first-order valence-corrected chi connectivity index (χ1v) is 7.79. The number of hydrogen-bond acceptors (Lipinski definition) is 2. The third-order valence-corrected chi connectivity index (χ3v) is 4.77. The number of carbonyl (C=O) groups is 2. The van der Waals surface area contributed by atoms with Crippen molar-refractivity contribution in [2.75, 3.05) is 0 Å². The van der Waals surface area contributed by atoms with Crippen LogP contribution < -0.4 is 0 Å². The van der Waals surface area contributed by atoms with Gasteiger partial charge in [0.05, 0.1) is 22.5 Å². The van der Waals surface area contributed by atoms with Crippen LogP contribution in [0.2, 0.25) is 10.0 Å². The Labute approximate surface area is 143 Å². The lowest BCUT2D eigenvalue weighted by molar-refractivity contribution is -0.138. The van der Waals surface area contributed by atoms with E-state index in [0.717, 1.165) is 5.56 Å². The fourth-order valence-electron chi connectivity index (χ4n) is 2.86. The zero-order valence-corrected chi connectivity index (χ0v) is 13.5. The van der Waals surface area contributed by atoms with Gasteiger partial charge in [0.2, 0.25) is 0 Å². The van der Waals surface area contributed by atoms with Crippen molar-refractivity contribution >= 4 is 35.1 Å². The summed E-state index contributed by atoms with van der Waals surface area (Å²) in [6, 6.07) is 11.6. The molecule has 2 aromatic carbocycles. The van der Waals surface area contributed by atoms with Crippen LogP contribution in [0.1, 0.15) is 33.9 Å². The zero-order valence-electron chi connectivity index (χ0n) is 12.0. The maximum absolute atomic E-state index is 12.6. The minimum absolute atomic E-state index is 0.192. The summed E-state index contributed by atoms with van der Waals surface area (Å²) in [5.74, 6) is -1.20. The van der Waals surface area contributed by atoms with Gasteiger partial charge in [0.25, 0.3) is 5.91 Å². The topological polar surface area (TPSA) is 57.6 Å². The fraction of sp³-hybridized carbons (Fsp3) is 0.176. The molecule has 0 spiro atoms. The Bertz CT molecular complexity index is 791. The Morgan fingerprint density at radius 1 is 1.17 bits per heavy atom. The predicted molar refractivity (Wildman–Crippen MR) is 87.8 cm³/mol. The molecule has 2 aromatic rings. The van der Waals surface area contributed by atoms with E-state index in [4.69, 9.17) is 23.2 Å². The fourth-order valence-corrected chi connectivity index (χ4v) is 3.29. The van der Waals surface area contributed by atoms with Crippen LogP contribution in [0.4, 0.5) is 0 Å². The van der Waals surface area contributed by atoms with Gasteiger partial charge in [-0.05, 0) is 23.3 Å². The molecule has 1 heterocycles. The molecule has 6 heteroatoms. The molecule has 0 bridgehead atoms. The average molecular weight is 350 g/mol. The van der Waals surface area contributed by atoms with E-state index in [1.165, 1.54) is 4.90 Å². The molecule has 0 saturated heterocycles. The van der Waals surface area contributed by atoms with E-state index < -0.39 is 12.0 Å². The molecule has 1 N–H and O–H groups in total. The highest BCUT2D eigenvalue weighted by atomic mass is 35.5. The zero-order chi connectivity index (χ0) is 16.6. The Balaban J connectivity index is 2.03. The number of nitrogens with zero attached hydrogens (tertiary/aromatic N) is 1. The highest BCUT2D eigenvalue weighted by Gasteiger charge is 2.35. The minimum atomic E-state index is -1.00. The Kier molecular flexibility index (Phi) is 4.28. The van der Waals surface area contributed by atoms with Gasteiger partial charge in [0.15, 0.2) is 0 Å². The number of rotatable bonds is 4. The summed E-state index contributed by atoms with van der Waals surface area (Å²) in [6.07, 6.45) is -0.236. The van der Waals surface area contributed by atoms with Crippen molar-refractivity contribution in [1.29, 1.82) is 0 Å². The Morgan fingerprint density at radius 2 is 1.91 bits per heavy atom. The number of halogens is 2. The molecule has 1 atom stereocenters. The number of benzene rings is 2. The van der Waals surface area contributed by atoms with E-state index >= 15 is 0 Å². The number of amides is 1. The smallest absolute Gasteiger partial charge is 0.305 e. The number of carboxylic acids is 1. The molecule has 0 aromatic heterocycles. The van der Waals surface area contributed by atoms with Crippen LogP contribution in [0, 0.1) is 0 Å². The summed E-state index contributed by atoms with van der Waals surface area (Å²) in [4.78, 5) is 25.5. The number of aliphatic carboxylic acids is 1. The molecular formula is C17H13Cl2NO3. The summed E-state index contributed by atoms with van der Waals surface area (Å²) in [5.41, 5.74) is 2.02. The first-order valence-electron chi connectivity index (χ1n) is 7.03. The monoisotopic (exact) mass is 349 g/mol. The van der Waals surface area contributed by atoms with Crippen LogP contribution in [0.5, 0.6) is 0 Å². The maximum atomic E-state index is 12.6. The molecule has 0 unspecified atom stereocenters. The number of carboxylic acid groups (broad SMARTS) is 1. The van der Waals surface area contributed by atoms with Crippen molar-refractivity contribution in [2.45, 2.75) is 19.0 Å². The number of carbonyl (C=O) groups excluding carboxylic acids is 1. The van der Waals surface area contributed by atoms with E-state index in [0.29, 0.717) is 22.7 Å². The molecule has 4 nitrogen and oxygen atoms in total. The van der Waals surface area contributed by atoms with Gasteiger partial charge in [-0.2, -0.15) is 0 Å². The molecule has 0 saturated carbocycles. The van der Waals surface area contributed by atoms with Gasteiger partial charge in [-0.15, -0.1) is 0 Å². The van der Waals surface area contributed by atoms with Crippen LogP contribution in [0.15, 0.2) is 42.5 Å².